The molecular formula is C28H36N4O5. The molecule has 1 heterocycles. The van der Waals surface area contributed by atoms with E-state index < -0.39 is 29.8 Å². The molecule has 0 radical (unpaired) electrons. The Morgan fingerprint density at radius 3 is 2.54 bits per heavy atom. The molecule has 1 aliphatic heterocycles. The van der Waals surface area contributed by atoms with Crippen molar-refractivity contribution < 1.29 is 23.9 Å². The van der Waals surface area contributed by atoms with Crippen molar-refractivity contribution in [3.8, 4) is 5.75 Å². The lowest BCUT2D eigenvalue weighted by molar-refractivity contribution is -0.131. The molecule has 2 aromatic rings. The summed E-state index contributed by atoms with van der Waals surface area (Å²) in [5.41, 5.74) is 2.46. The van der Waals surface area contributed by atoms with Gasteiger partial charge in [-0.15, -0.1) is 0 Å². The molecule has 0 aliphatic carbocycles. The topological polar surface area (TPSA) is 126 Å². The average molecular weight is 509 g/mol. The van der Waals surface area contributed by atoms with Gasteiger partial charge in [0.1, 0.15) is 24.4 Å². The number of fused-ring (bicyclic) bond motifs is 1. The highest BCUT2D eigenvalue weighted by Gasteiger charge is 2.28. The van der Waals surface area contributed by atoms with Crippen molar-refractivity contribution in [2.45, 2.75) is 52.1 Å². The van der Waals surface area contributed by atoms with Gasteiger partial charge in [-0.2, -0.15) is 0 Å². The lowest BCUT2D eigenvalue weighted by atomic mass is 10.0. The molecule has 1 aliphatic rings. The van der Waals surface area contributed by atoms with Crippen LogP contribution in [0.25, 0.3) is 0 Å². The van der Waals surface area contributed by atoms with Crippen molar-refractivity contribution in [3.05, 3.63) is 65.2 Å². The van der Waals surface area contributed by atoms with E-state index in [-0.39, 0.29) is 37.0 Å². The highest BCUT2D eigenvalue weighted by molar-refractivity contribution is 6.01. The van der Waals surface area contributed by atoms with Crippen LogP contribution in [-0.4, -0.2) is 55.4 Å². The second-order valence-corrected chi connectivity index (χ2v) is 9.58. The molecule has 0 fully saturated rings. The summed E-state index contributed by atoms with van der Waals surface area (Å²) in [5, 5.41) is 11.0. The van der Waals surface area contributed by atoms with Gasteiger partial charge in [0.05, 0.1) is 18.5 Å². The van der Waals surface area contributed by atoms with Gasteiger partial charge in [-0.3, -0.25) is 19.2 Å². The minimum atomic E-state index is -1.14. The zero-order chi connectivity index (χ0) is 26.8. The number of carbonyl (C=O) groups is 4. The van der Waals surface area contributed by atoms with Crippen molar-refractivity contribution in [2.24, 2.45) is 5.92 Å². The largest absolute Gasteiger partial charge is 0.491 e. The summed E-state index contributed by atoms with van der Waals surface area (Å²) < 4.78 is 5.75. The number of amides is 4. The number of carbonyl (C=O) groups excluding carboxylic acids is 4. The Hall–Kier alpha value is -3.88. The van der Waals surface area contributed by atoms with Crippen LogP contribution in [0.5, 0.6) is 5.75 Å². The number of ether oxygens (including phenoxy) is 1. The van der Waals surface area contributed by atoms with Gasteiger partial charge in [-0.1, -0.05) is 50.2 Å². The van der Waals surface area contributed by atoms with Crippen molar-refractivity contribution >= 4 is 23.6 Å². The third-order valence-corrected chi connectivity index (χ3v) is 6.12. The van der Waals surface area contributed by atoms with Crippen LogP contribution < -0.4 is 26.0 Å². The molecule has 0 bridgehead atoms. The first-order valence-corrected chi connectivity index (χ1v) is 12.7. The number of benzene rings is 2. The molecule has 198 valence electrons. The van der Waals surface area contributed by atoms with Gasteiger partial charge in [0.15, 0.2) is 0 Å². The molecule has 0 saturated heterocycles. The fraction of sp³-hybridized carbons (Fsp3) is 0.429. The van der Waals surface area contributed by atoms with Gasteiger partial charge in [0.25, 0.3) is 5.91 Å². The molecular weight excluding hydrogens is 472 g/mol. The third-order valence-electron chi connectivity index (χ3n) is 6.12. The first kappa shape index (κ1) is 27.7. The maximum atomic E-state index is 13.1. The summed E-state index contributed by atoms with van der Waals surface area (Å²) in [5.74, 6) is -1.35. The fourth-order valence-electron chi connectivity index (χ4n) is 4.16. The number of rotatable bonds is 6. The van der Waals surface area contributed by atoms with Gasteiger partial charge >= 0.3 is 0 Å². The quantitative estimate of drug-likeness (QED) is 0.474. The van der Waals surface area contributed by atoms with Crippen molar-refractivity contribution in [3.63, 3.8) is 0 Å². The van der Waals surface area contributed by atoms with Gasteiger partial charge in [-0.25, -0.2) is 0 Å². The lowest BCUT2D eigenvalue weighted by Gasteiger charge is -2.24. The van der Waals surface area contributed by atoms with E-state index in [2.05, 4.69) is 21.3 Å². The lowest BCUT2D eigenvalue weighted by Crippen LogP contribution is -2.53. The summed E-state index contributed by atoms with van der Waals surface area (Å²) >= 11 is 0. The summed E-state index contributed by atoms with van der Waals surface area (Å²) in [6, 6.07) is 12.6. The van der Waals surface area contributed by atoms with Crippen LogP contribution >= 0.6 is 0 Å². The Kier molecular flexibility index (Phi) is 10.1. The molecule has 0 unspecified atom stereocenters. The van der Waals surface area contributed by atoms with Crippen LogP contribution in [0.3, 0.4) is 0 Å². The summed E-state index contributed by atoms with van der Waals surface area (Å²) in [6.45, 7) is 6.61. The molecule has 4 N–H and O–H groups in total. The predicted octanol–water partition coefficient (Wildman–Crippen LogP) is 1.88. The normalized spacial score (nSPS) is 19.0. The standard InChI is InChI=1S/C28H36N4O5/c1-18(2)16-22-27(35)30-14-15-37-24-11-7-6-10-21(24)26(34)32-23(17-25(33)31-22)28(36)29-13-12-20-9-5-4-8-19(20)3/h4-11,18,22-23H,12-17H2,1-3H3,(H,29,36)(H,30,35)(H,31,33)(H,32,34)/t22-,23-/m0/s1. The summed E-state index contributed by atoms with van der Waals surface area (Å²) in [7, 11) is 0. The van der Waals surface area contributed by atoms with Crippen LogP contribution in [-0.2, 0) is 20.8 Å². The molecule has 0 saturated carbocycles. The summed E-state index contributed by atoms with van der Waals surface area (Å²) in [4.78, 5) is 52.0. The minimum absolute atomic E-state index is 0.140. The van der Waals surface area contributed by atoms with E-state index in [0.717, 1.165) is 11.1 Å². The molecule has 2 atom stereocenters. The van der Waals surface area contributed by atoms with E-state index >= 15 is 0 Å². The molecule has 0 aromatic heterocycles. The van der Waals surface area contributed by atoms with E-state index in [1.54, 1.807) is 24.3 Å². The first-order valence-electron chi connectivity index (χ1n) is 12.7. The maximum Gasteiger partial charge on any atom is 0.255 e. The molecule has 9 heteroatoms. The summed E-state index contributed by atoms with van der Waals surface area (Å²) in [6.07, 6.45) is 0.729. The number of para-hydroxylation sites is 1. The average Bonchev–Trinajstić information content (AvgIpc) is 2.86. The monoisotopic (exact) mass is 508 g/mol. The van der Waals surface area contributed by atoms with Crippen molar-refractivity contribution in [1.82, 2.24) is 21.3 Å². The van der Waals surface area contributed by atoms with E-state index in [0.29, 0.717) is 25.1 Å². The SMILES string of the molecule is Cc1ccccc1CCNC(=O)[C@@H]1CC(=O)N[C@@H](CC(C)C)C(=O)NCCOc2ccccc2C(=O)N1. The number of aryl methyl sites for hydroxylation is 1. The Morgan fingerprint density at radius 1 is 1.05 bits per heavy atom. The van der Waals surface area contributed by atoms with Gasteiger partial charge in [0, 0.05) is 6.54 Å². The zero-order valence-electron chi connectivity index (χ0n) is 21.6. The van der Waals surface area contributed by atoms with Crippen LogP contribution in [0.2, 0.25) is 0 Å². The molecule has 3 rings (SSSR count). The van der Waals surface area contributed by atoms with Crippen LogP contribution in [0.4, 0.5) is 0 Å². The number of hydrogen-bond acceptors (Lipinski definition) is 5. The van der Waals surface area contributed by atoms with E-state index in [4.69, 9.17) is 4.74 Å². The molecule has 37 heavy (non-hydrogen) atoms. The van der Waals surface area contributed by atoms with Crippen LogP contribution in [0, 0.1) is 12.8 Å². The van der Waals surface area contributed by atoms with E-state index in [1.165, 1.54) is 0 Å². The second-order valence-electron chi connectivity index (χ2n) is 9.58. The number of hydrogen-bond donors (Lipinski definition) is 4. The van der Waals surface area contributed by atoms with E-state index in [1.807, 2.05) is 45.0 Å². The Labute approximate surface area is 217 Å². The van der Waals surface area contributed by atoms with Gasteiger partial charge < -0.3 is 26.0 Å². The molecule has 0 spiro atoms. The zero-order valence-corrected chi connectivity index (χ0v) is 21.6. The molecule has 4 amide bonds. The van der Waals surface area contributed by atoms with E-state index in [9.17, 15) is 19.2 Å². The maximum absolute atomic E-state index is 13.1. The van der Waals surface area contributed by atoms with Gasteiger partial charge in [0.2, 0.25) is 17.7 Å². The van der Waals surface area contributed by atoms with Gasteiger partial charge in [-0.05, 0) is 48.9 Å². The second kappa shape index (κ2) is 13.4. The van der Waals surface area contributed by atoms with Crippen LogP contribution in [0.1, 0.15) is 48.2 Å². The Bertz CT molecular complexity index is 1120. The van der Waals surface area contributed by atoms with Crippen LogP contribution in [0.15, 0.2) is 48.5 Å². The highest BCUT2D eigenvalue weighted by Crippen LogP contribution is 2.18. The number of nitrogens with one attached hydrogen (secondary N) is 4. The fourth-order valence-corrected chi connectivity index (χ4v) is 4.16. The predicted molar refractivity (Wildman–Crippen MR) is 140 cm³/mol. The Morgan fingerprint density at radius 2 is 1.78 bits per heavy atom. The Balaban J connectivity index is 1.79. The molecule has 9 nitrogen and oxygen atoms in total. The minimum Gasteiger partial charge on any atom is -0.491 e. The molecule has 2 aromatic carbocycles. The van der Waals surface area contributed by atoms with Crippen molar-refractivity contribution in [2.75, 3.05) is 19.7 Å². The first-order chi connectivity index (χ1) is 17.7. The van der Waals surface area contributed by atoms with Crippen molar-refractivity contribution in [1.29, 1.82) is 0 Å². The highest BCUT2D eigenvalue weighted by atomic mass is 16.5. The smallest absolute Gasteiger partial charge is 0.255 e. The third kappa shape index (κ3) is 8.34.